The molecule has 1 aliphatic heterocycles. The van der Waals surface area contributed by atoms with Crippen LogP contribution in [0, 0.1) is 5.92 Å². The summed E-state index contributed by atoms with van der Waals surface area (Å²) in [5.74, 6) is -0.317. The van der Waals surface area contributed by atoms with Gasteiger partial charge in [0.1, 0.15) is 0 Å². The number of carboxylic acid groups (broad SMARTS) is 1. The Balaban J connectivity index is 2.15. The molecule has 1 rings (SSSR count). The summed E-state index contributed by atoms with van der Waals surface area (Å²) in [4.78, 5) is 24.0. The molecule has 0 spiro atoms. The van der Waals surface area contributed by atoms with Crippen molar-refractivity contribution < 1.29 is 19.4 Å². The average Bonchev–Trinajstić information content (AvgIpc) is 2.34. The number of ether oxygens (including phenoxy) is 1. The summed E-state index contributed by atoms with van der Waals surface area (Å²) in [6, 6.07) is 0. The number of nitrogens with zero attached hydrogens (tertiary/aromatic N) is 1. The first kappa shape index (κ1) is 14.0. The summed E-state index contributed by atoms with van der Waals surface area (Å²) >= 11 is 0. The van der Waals surface area contributed by atoms with Crippen molar-refractivity contribution >= 4 is 11.9 Å². The van der Waals surface area contributed by atoms with Crippen molar-refractivity contribution in [3.05, 3.63) is 0 Å². The van der Waals surface area contributed by atoms with Gasteiger partial charge in [0.05, 0.1) is 13.2 Å². The third-order valence-corrected chi connectivity index (χ3v) is 3.07. The molecule has 1 N–H and O–H groups in total. The molecule has 0 radical (unpaired) electrons. The lowest BCUT2D eigenvalue weighted by atomic mass is 9.99. The standard InChI is InChI=1S/C12H21NO4/c1-10(3-5-12(15)16)2-4-11(14)13-6-8-17-9-7-13/h10H,2-9H2,1H3,(H,15,16). The van der Waals surface area contributed by atoms with E-state index in [-0.39, 0.29) is 18.2 Å². The van der Waals surface area contributed by atoms with Crippen molar-refractivity contribution in [2.45, 2.75) is 32.6 Å². The first-order chi connectivity index (χ1) is 8.09. The van der Waals surface area contributed by atoms with E-state index in [9.17, 15) is 9.59 Å². The quantitative estimate of drug-likeness (QED) is 0.759. The number of morpholine rings is 1. The fourth-order valence-corrected chi connectivity index (χ4v) is 1.85. The van der Waals surface area contributed by atoms with Crippen molar-refractivity contribution in [3.63, 3.8) is 0 Å². The van der Waals surface area contributed by atoms with Gasteiger partial charge < -0.3 is 14.7 Å². The van der Waals surface area contributed by atoms with Crippen LogP contribution in [0.5, 0.6) is 0 Å². The van der Waals surface area contributed by atoms with E-state index in [4.69, 9.17) is 9.84 Å². The Morgan fingerprint density at radius 2 is 1.82 bits per heavy atom. The van der Waals surface area contributed by atoms with E-state index in [0.717, 1.165) is 6.42 Å². The van der Waals surface area contributed by atoms with E-state index in [2.05, 4.69) is 0 Å². The largest absolute Gasteiger partial charge is 0.481 e. The van der Waals surface area contributed by atoms with Gasteiger partial charge in [-0.1, -0.05) is 6.92 Å². The molecular weight excluding hydrogens is 222 g/mol. The molecule has 5 nitrogen and oxygen atoms in total. The number of hydrogen-bond donors (Lipinski definition) is 1. The zero-order chi connectivity index (χ0) is 12.7. The summed E-state index contributed by atoms with van der Waals surface area (Å²) in [7, 11) is 0. The van der Waals surface area contributed by atoms with Gasteiger partial charge >= 0.3 is 5.97 Å². The van der Waals surface area contributed by atoms with Crippen LogP contribution in [0.1, 0.15) is 32.6 Å². The van der Waals surface area contributed by atoms with Gasteiger partial charge in [0.25, 0.3) is 0 Å². The topological polar surface area (TPSA) is 66.8 Å². The minimum absolute atomic E-state index is 0.162. The predicted molar refractivity (Wildman–Crippen MR) is 62.7 cm³/mol. The second-order valence-electron chi connectivity index (χ2n) is 4.57. The summed E-state index contributed by atoms with van der Waals surface area (Å²) in [5.41, 5.74) is 0. The molecule has 17 heavy (non-hydrogen) atoms. The van der Waals surface area contributed by atoms with Gasteiger partial charge in [0.15, 0.2) is 0 Å². The predicted octanol–water partition coefficient (Wildman–Crippen LogP) is 1.13. The van der Waals surface area contributed by atoms with Crippen LogP contribution in [0.15, 0.2) is 0 Å². The number of hydrogen-bond acceptors (Lipinski definition) is 3. The molecule has 1 atom stereocenters. The van der Waals surface area contributed by atoms with Crippen molar-refractivity contribution in [3.8, 4) is 0 Å². The number of aliphatic carboxylic acids is 1. The SMILES string of the molecule is CC(CCC(=O)O)CCC(=O)N1CCOCC1. The molecule has 0 saturated carbocycles. The Hall–Kier alpha value is -1.10. The van der Waals surface area contributed by atoms with Gasteiger partial charge in [-0.05, 0) is 18.8 Å². The maximum absolute atomic E-state index is 11.8. The van der Waals surface area contributed by atoms with Crippen LogP contribution in [0.25, 0.3) is 0 Å². The molecule has 1 unspecified atom stereocenters. The minimum Gasteiger partial charge on any atom is -0.481 e. The Bertz CT molecular complexity index is 261. The van der Waals surface area contributed by atoms with Gasteiger partial charge in [-0.25, -0.2) is 0 Å². The Kier molecular flexibility index (Phi) is 5.97. The van der Waals surface area contributed by atoms with Gasteiger partial charge in [0, 0.05) is 25.9 Å². The monoisotopic (exact) mass is 243 g/mol. The summed E-state index contributed by atoms with van der Waals surface area (Å²) in [5, 5.41) is 8.55. The first-order valence-corrected chi connectivity index (χ1v) is 6.17. The van der Waals surface area contributed by atoms with Gasteiger partial charge in [-0.3, -0.25) is 9.59 Å². The molecule has 0 aliphatic carbocycles. The van der Waals surface area contributed by atoms with Crippen LogP contribution in [-0.2, 0) is 14.3 Å². The van der Waals surface area contributed by atoms with Crippen molar-refractivity contribution in [1.29, 1.82) is 0 Å². The number of rotatable bonds is 6. The number of carboxylic acids is 1. The van der Waals surface area contributed by atoms with E-state index in [1.54, 1.807) is 0 Å². The third kappa shape index (κ3) is 5.68. The highest BCUT2D eigenvalue weighted by atomic mass is 16.5. The van der Waals surface area contributed by atoms with Crippen LogP contribution in [0.3, 0.4) is 0 Å². The number of carbonyl (C=O) groups excluding carboxylic acids is 1. The fourth-order valence-electron chi connectivity index (χ4n) is 1.85. The maximum Gasteiger partial charge on any atom is 0.303 e. The summed E-state index contributed by atoms with van der Waals surface area (Å²) in [6.45, 7) is 4.61. The molecule has 5 heteroatoms. The smallest absolute Gasteiger partial charge is 0.303 e. The fraction of sp³-hybridized carbons (Fsp3) is 0.833. The Morgan fingerprint density at radius 3 is 2.41 bits per heavy atom. The van der Waals surface area contributed by atoms with Crippen LogP contribution in [0.4, 0.5) is 0 Å². The lowest BCUT2D eigenvalue weighted by Gasteiger charge is -2.27. The molecule has 1 saturated heterocycles. The molecule has 98 valence electrons. The van der Waals surface area contributed by atoms with Crippen molar-refractivity contribution in [2.75, 3.05) is 26.3 Å². The number of carbonyl (C=O) groups is 2. The van der Waals surface area contributed by atoms with Gasteiger partial charge in [-0.15, -0.1) is 0 Å². The molecular formula is C12H21NO4. The van der Waals surface area contributed by atoms with E-state index in [1.165, 1.54) is 0 Å². The average molecular weight is 243 g/mol. The number of amides is 1. The van der Waals surface area contributed by atoms with Crippen LogP contribution in [-0.4, -0.2) is 48.2 Å². The Morgan fingerprint density at radius 1 is 1.24 bits per heavy atom. The highest BCUT2D eigenvalue weighted by Gasteiger charge is 2.17. The zero-order valence-electron chi connectivity index (χ0n) is 10.4. The van der Waals surface area contributed by atoms with Crippen molar-refractivity contribution in [2.24, 2.45) is 5.92 Å². The van der Waals surface area contributed by atoms with Gasteiger partial charge in [0.2, 0.25) is 5.91 Å². The lowest BCUT2D eigenvalue weighted by Crippen LogP contribution is -2.40. The van der Waals surface area contributed by atoms with Gasteiger partial charge in [-0.2, -0.15) is 0 Å². The normalized spacial score (nSPS) is 17.8. The molecule has 0 bridgehead atoms. The Labute approximate surface area is 102 Å². The lowest BCUT2D eigenvalue weighted by molar-refractivity contribution is -0.137. The molecule has 1 fully saturated rings. The van der Waals surface area contributed by atoms with Crippen LogP contribution in [0.2, 0.25) is 0 Å². The van der Waals surface area contributed by atoms with E-state index in [0.29, 0.717) is 39.1 Å². The summed E-state index contributed by atoms with van der Waals surface area (Å²) < 4.78 is 5.18. The first-order valence-electron chi connectivity index (χ1n) is 6.17. The molecule has 1 amide bonds. The molecule has 0 aromatic heterocycles. The summed E-state index contributed by atoms with van der Waals surface area (Å²) in [6.07, 6.45) is 2.11. The molecule has 0 aromatic rings. The second-order valence-corrected chi connectivity index (χ2v) is 4.57. The third-order valence-electron chi connectivity index (χ3n) is 3.07. The van der Waals surface area contributed by atoms with Crippen molar-refractivity contribution in [1.82, 2.24) is 4.90 Å². The van der Waals surface area contributed by atoms with E-state index in [1.807, 2.05) is 11.8 Å². The second kappa shape index (κ2) is 7.27. The highest BCUT2D eigenvalue weighted by Crippen LogP contribution is 2.14. The minimum atomic E-state index is -0.767. The van der Waals surface area contributed by atoms with Crippen LogP contribution >= 0.6 is 0 Å². The zero-order valence-corrected chi connectivity index (χ0v) is 10.4. The van der Waals surface area contributed by atoms with E-state index < -0.39 is 5.97 Å². The molecule has 0 aromatic carbocycles. The van der Waals surface area contributed by atoms with E-state index >= 15 is 0 Å². The maximum atomic E-state index is 11.8. The highest BCUT2D eigenvalue weighted by molar-refractivity contribution is 5.76. The van der Waals surface area contributed by atoms with Crippen LogP contribution < -0.4 is 0 Å². The molecule has 1 aliphatic rings. The molecule has 1 heterocycles.